The van der Waals surface area contributed by atoms with Crippen LogP contribution < -0.4 is 21.1 Å². The third-order valence-corrected chi connectivity index (χ3v) is 5.49. The summed E-state index contributed by atoms with van der Waals surface area (Å²) in [5.41, 5.74) is 2.84. The van der Waals surface area contributed by atoms with Crippen LogP contribution in [0.1, 0.15) is 23.5 Å². The number of primary sulfonamides is 1. The first-order chi connectivity index (χ1) is 13.4. The summed E-state index contributed by atoms with van der Waals surface area (Å²) < 4.78 is 22.6. The number of rotatable bonds is 5. The van der Waals surface area contributed by atoms with Gasteiger partial charge in [0, 0.05) is 38.2 Å². The van der Waals surface area contributed by atoms with Gasteiger partial charge in [0.1, 0.15) is 0 Å². The average Bonchev–Trinajstić information content (AvgIpc) is 2.67. The molecule has 5 N–H and O–H groups in total. The fraction of sp³-hybridized carbons (Fsp3) is 0.263. The van der Waals surface area contributed by atoms with Crippen LogP contribution in [-0.2, 0) is 21.4 Å². The number of nitrogens with one attached hydrogen (secondary N) is 3. The van der Waals surface area contributed by atoms with E-state index in [1.54, 1.807) is 19.2 Å². The lowest BCUT2D eigenvalue weighted by molar-refractivity contribution is -0.116. The number of nitrogens with two attached hydrogens (primary N) is 1. The first-order valence-electron chi connectivity index (χ1n) is 8.82. The molecule has 2 aromatic carbocycles. The quantitative estimate of drug-likeness (QED) is 0.441. The van der Waals surface area contributed by atoms with Gasteiger partial charge in [-0.2, -0.15) is 0 Å². The smallest absolute Gasteiger partial charge is 0.238 e. The van der Waals surface area contributed by atoms with Crippen LogP contribution in [0.15, 0.2) is 58.4 Å². The van der Waals surface area contributed by atoms with E-state index in [0.29, 0.717) is 25.5 Å². The summed E-state index contributed by atoms with van der Waals surface area (Å²) in [7, 11) is -2.03. The van der Waals surface area contributed by atoms with Crippen molar-refractivity contribution in [1.82, 2.24) is 10.6 Å². The molecule has 1 aliphatic rings. The molecular weight excluding hydrogens is 378 g/mol. The second-order valence-corrected chi connectivity index (χ2v) is 8.09. The highest BCUT2D eigenvalue weighted by Gasteiger charge is 2.24. The standard InChI is InChI=1S/C19H23N5O3S/c1-21-19(22-11-13-6-8-15(9-7-13)28(20,26)27)23-12-14-10-18(25)24-17-5-3-2-4-16(14)17/h2-9,14H,10-12H2,1H3,(H,24,25)(H2,20,26,27)(H2,21,22,23). The van der Waals surface area contributed by atoms with Crippen molar-refractivity contribution in [3.63, 3.8) is 0 Å². The Kier molecular flexibility index (Phi) is 5.96. The maximum absolute atomic E-state index is 11.9. The number of hydrogen-bond donors (Lipinski definition) is 4. The van der Waals surface area contributed by atoms with Crippen LogP contribution in [0.25, 0.3) is 0 Å². The molecule has 28 heavy (non-hydrogen) atoms. The summed E-state index contributed by atoms with van der Waals surface area (Å²) in [6.45, 7) is 1.03. The summed E-state index contributed by atoms with van der Waals surface area (Å²) in [4.78, 5) is 16.2. The second kappa shape index (κ2) is 8.41. The van der Waals surface area contributed by atoms with Gasteiger partial charge < -0.3 is 16.0 Å². The van der Waals surface area contributed by atoms with Crippen LogP contribution in [0.2, 0.25) is 0 Å². The molecule has 1 heterocycles. The van der Waals surface area contributed by atoms with Crippen molar-refractivity contribution in [2.24, 2.45) is 10.1 Å². The maximum Gasteiger partial charge on any atom is 0.238 e. The molecule has 0 saturated carbocycles. The van der Waals surface area contributed by atoms with Crippen molar-refractivity contribution in [2.75, 3.05) is 18.9 Å². The Morgan fingerprint density at radius 1 is 1.18 bits per heavy atom. The van der Waals surface area contributed by atoms with Gasteiger partial charge in [-0.3, -0.25) is 9.79 Å². The molecule has 1 aliphatic heterocycles. The zero-order valence-corrected chi connectivity index (χ0v) is 16.3. The molecule has 1 atom stereocenters. The van der Waals surface area contributed by atoms with Crippen LogP contribution in [0, 0.1) is 0 Å². The number of anilines is 1. The largest absolute Gasteiger partial charge is 0.356 e. The van der Waals surface area contributed by atoms with E-state index in [-0.39, 0.29) is 16.7 Å². The van der Waals surface area contributed by atoms with Gasteiger partial charge in [0.15, 0.2) is 5.96 Å². The molecular formula is C19H23N5O3S. The molecule has 148 valence electrons. The predicted octanol–water partition coefficient (Wildman–Crippen LogP) is 1.12. The van der Waals surface area contributed by atoms with E-state index < -0.39 is 10.0 Å². The molecule has 0 bridgehead atoms. The van der Waals surface area contributed by atoms with Gasteiger partial charge in [-0.1, -0.05) is 30.3 Å². The molecule has 1 amide bonds. The van der Waals surface area contributed by atoms with E-state index in [4.69, 9.17) is 5.14 Å². The van der Waals surface area contributed by atoms with E-state index in [1.807, 2.05) is 24.3 Å². The van der Waals surface area contributed by atoms with Crippen molar-refractivity contribution in [3.05, 3.63) is 59.7 Å². The molecule has 8 nitrogen and oxygen atoms in total. The minimum Gasteiger partial charge on any atom is -0.356 e. The SMILES string of the molecule is CN=C(NCc1ccc(S(N)(=O)=O)cc1)NCC1CC(=O)Nc2ccccc21. The van der Waals surface area contributed by atoms with Crippen LogP contribution >= 0.6 is 0 Å². The van der Waals surface area contributed by atoms with E-state index in [2.05, 4.69) is 20.9 Å². The van der Waals surface area contributed by atoms with E-state index in [9.17, 15) is 13.2 Å². The monoisotopic (exact) mass is 401 g/mol. The number of carbonyl (C=O) groups excluding carboxylic acids is 1. The predicted molar refractivity (Wildman–Crippen MR) is 108 cm³/mol. The highest BCUT2D eigenvalue weighted by atomic mass is 32.2. The van der Waals surface area contributed by atoms with Crippen LogP contribution in [0.4, 0.5) is 5.69 Å². The van der Waals surface area contributed by atoms with Gasteiger partial charge in [0.2, 0.25) is 15.9 Å². The zero-order valence-electron chi connectivity index (χ0n) is 15.5. The van der Waals surface area contributed by atoms with E-state index >= 15 is 0 Å². The third kappa shape index (κ3) is 4.87. The fourth-order valence-corrected chi connectivity index (χ4v) is 3.62. The van der Waals surface area contributed by atoms with E-state index in [1.165, 1.54) is 12.1 Å². The highest BCUT2D eigenvalue weighted by molar-refractivity contribution is 7.89. The number of hydrogen-bond acceptors (Lipinski definition) is 4. The first-order valence-corrected chi connectivity index (χ1v) is 10.4. The topological polar surface area (TPSA) is 126 Å². The van der Waals surface area contributed by atoms with Gasteiger partial charge in [0.25, 0.3) is 0 Å². The average molecular weight is 401 g/mol. The van der Waals surface area contributed by atoms with Crippen LogP contribution in [0.5, 0.6) is 0 Å². The molecule has 1 unspecified atom stereocenters. The highest BCUT2D eigenvalue weighted by Crippen LogP contribution is 2.31. The summed E-state index contributed by atoms with van der Waals surface area (Å²) in [6, 6.07) is 14.1. The minimum absolute atomic E-state index is 0.00314. The van der Waals surface area contributed by atoms with Gasteiger partial charge in [-0.05, 0) is 29.3 Å². The van der Waals surface area contributed by atoms with Gasteiger partial charge in [-0.15, -0.1) is 0 Å². The van der Waals surface area contributed by atoms with Crippen molar-refractivity contribution in [3.8, 4) is 0 Å². The van der Waals surface area contributed by atoms with Gasteiger partial charge in [0.05, 0.1) is 4.90 Å². The minimum atomic E-state index is -3.69. The number of sulfonamides is 1. The maximum atomic E-state index is 11.9. The van der Waals surface area contributed by atoms with E-state index in [0.717, 1.165) is 16.8 Å². The Bertz CT molecular complexity index is 987. The molecule has 2 aromatic rings. The first kappa shape index (κ1) is 19.8. The number of para-hydroxylation sites is 1. The number of fused-ring (bicyclic) bond motifs is 1. The zero-order chi connectivity index (χ0) is 20.1. The Hall–Kier alpha value is -2.91. The summed E-state index contributed by atoms with van der Waals surface area (Å²) in [5, 5.41) is 14.4. The Balaban J connectivity index is 1.58. The number of guanidine groups is 1. The molecule has 0 saturated heterocycles. The lowest BCUT2D eigenvalue weighted by Crippen LogP contribution is -2.40. The number of nitrogens with zero attached hydrogens (tertiary/aromatic N) is 1. The fourth-order valence-electron chi connectivity index (χ4n) is 3.11. The summed E-state index contributed by atoms with van der Waals surface area (Å²) in [5.74, 6) is 0.653. The number of aliphatic imine (C=N–C) groups is 1. The summed E-state index contributed by atoms with van der Waals surface area (Å²) >= 11 is 0. The molecule has 0 aromatic heterocycles. The van der Waals surface area contributed by atoms with Crippen LogP contribution in [0.3, 0.4) is 0 Å². The Morgan fingerprint density at radius 2 is 1.89 bits per heavy atom. The number of carbonyl (C=O) groups is 1. The third-order valence-electron chi connectivity index (χ3n) is 4.56. The van der Waals surface area contributed by atoms with Gasteiger partial charge >= 0.3 is 0 Å². The van der Waals surface area contributed by atoms with Crippen molar-refractivity contribution >= 4 is 27.6 Å². The number of amides is 1. The normalized spacial score (nSPS) is 16.9. The van der Waals surface area contributed by atoms with Crippen LogP contribution in [-0.4, -0.2) is 33.9 Å². The lowest BCUT2D eigenvalue weighted by atomic mass is 9.90. The summed E-state index contributed by atoms with van der Waals surface area (Å²) in [6.07, 6.45) is 0.413. The van der Waals surface area contributed by atoms with Crippen molar-refractivity contribution < 1.29 is 13.2 Å². The Labute approximate surface area is 164 Å². The molecule has 0 radical (unpaired) electrons. The molecule has 0 aliphatic carbocycles. The lowest BCUT2D eigenvalue weighted by Gasteiger charge is -2.26. The molecule has 0 spiro atoms. The molecule has 9 heteroatoms. The molecule has 3 rings (SSSR count). The molecule has 0 fully saturated rings. The van der Waals surface area contributed by atoms with Crippen molar-refractivity contribution in [1.29, 1.82) is 0 Å². The Morgan fingerprint density at radius 3 is 2.57 bits per heavy atom. The second-order valence-electron chi connectivity index (χ2n) is 6.53. The van der Waals surface area contributed by atoms with Gasteiger partial charge in [-0.25, -0.2) is 13.6 Å². The van der Waals surface area contributed by atoms with Crippen molar-refractivity contribution in [2.45, 2.75) is 23.8 Å². The number of benzene rings is 2.